The molecule has 13 heavy (non-hydrogen) atoms. The van der Waals surface area contributed by atoms with Crippen LogP contribution in [0.5, 0.6) is 0 Å². The van der Waals surface area contributed by atoms with Crippen LogP contribution in [0.3, 0.4) is 0 Å². The highest BCUT2D eigenvalue weighted by Crippen LogP contribution is 2.25. The van der Waals surface area contributed by atoms with E-state index in [0.29, 0.717) is 0 Å². The van der Waals surface area contributed by atoms with Crippen molar-refractivity contribution in [3.8, 4) is 6.07 Å². The molecular weight excluding hydrogens is 180 g/mol. The van der Waals surface area contributed by atoms with Gasteiger partial charge in [0.15, 0.2) is 0 Å². The third-order valence-corrected chi connectivity index (χ3v) is 2.72. The van der Waals surface area contributed by atoms with Gasteiger partial charge in [-0.25, -0.2) is 0 Å². The maximum atomic E-state index is 8.62. The van der Waals surface area contributed by atoms with Crippen molar-refractivity contribution in [2.45, 2.75) is 24.0 Å². The Morgan fingerprint density at radius 1 is 1.54 bits per heavy atom. The van der Waals surface area contributed by atoms with Crippen LogP contribution in [0.4, 0.5) is 5.69 Å². The summed E-state index contributed by atoms with van der Waals surface area (Å²) >= 11 is 1.55. The van der Waals surface area contributed by atoms with E-state index >= 15 is 0 Å². The standard InChI is InChI=1S/C10H12N2S/c1-7-5-9(3-4-10(7)12)13-8(2)6-11/h3-5,8H,12H2,1-2H3. The van der Waals surface area contributed by atoms with Crippen molar-refractivity contribution in [2.24, 2.45) is 0 Å². The van der Waals surface area contributed by atoms with Crippen LogP contribution >= 0.6 is 11.8 Å². The molecule has 2 nitrogen and oxygen atoms in total. The number of nitrogens with zero attached hydrogens (tertiary/aromatic N) is 1. The van der Waals surface area contributed by atoms with Gasteiger partial charge in [0.25, 0.3) is 0 Å². The number of benzene rings is 1. The molecule has 0 spiro atoms. The maximum Gasteiger partial charge on any atom is 0.0935 e. The van der Waals surface area contributed by atoms with E-state index in [1.807, 2.05) is 32.0 Å². The molecule has 0 radical (unpaired) electrons. The fourth-order valence-corrected chi connectivity index (χ4v) is 1.80. The Hall–Kier alpha value is -1.14. The molecule has 1 atom stereocenters. The summed E-state index contributed by atoms with van der Waals surface area (Å²) < 4.78 is 0. The summed E-state index contributed by atoms with van der Waals surface area (Å²) in [7, 11) is 0. The van der Waals surface area contributed by atoms with Crippen molar-refractivity contribution in [3.05, 3.63) is 23.8 Å². The number of nitrogen functional groups attached to an aromatic ring is 1. The van der Waals surface area contributed by atoms with Gasteiger partial charge in [0.1, 0.15) is 0 Å². The highest BCUT2D eigenvalue weighted by molar-refractivity contribution is 8.00. The summed E-state index contributed by atoms with van der Waals surface area (Å²) in [6.07, 6.45) is 0. The molecule has 0 aromatic heterocycles. The topological polar surface area (TPSA) is 49.8 Å². The Morgan fingerprint density at radius 3 is 2.77 bits per heavy atom. The van der Waals surface area contributed by atoms with Gasteiger partial charge in [-0.1, -0.05) is 0 Å². The van der Waals surface area contributed by atoms with E-state index < -0.39 is 0 Å². The smallest absolute Gasteiger partial charge is 0.0935 e. The molecule has 68 valence electrons. The van der Waals surface area contributed by atoms with Gasteiger partial charge in [-0.2, -0.15) is 5.26 Å². The van der Waals surface area contributed by atoms with E-state index in [1.165, 1.54) is 0 Å². The van der Waals surface area contributed by atoms with Crippen molar-refractivity contribution >= 4 is 17.4 Å². The number of nitrogens with two attached hydrogens (primary N) is 1. The lowest BCUT2D eigenvalue weighted by molar-refractivity contribution is 1.23. The number of thioether (sulfide) groups is 1. The monoisotopic (exact) mass is 192 g/mol. The number of hydrogen-bond acceptors (Lipinski definition) is 3. The lowest BCUT2D eigenvalue weighted by Crippen LogP contribution is -1.92. The molecule has 0 heterocycles. The SMILES string of the molecule is Cc1cc(SC(C)C#N)ccc1N. The predicted octanol–water partition coefficient (Wildman–Crippen LogP) is 2.58. The summed E-state index contributed by atoms with van der Waals surface area (Å²) in [6, 6.07) is 8.01. The number of anilines is 1. The Bertz CT molecular complexity index is 341. The Kier molecular flexibility index (Phi) is 3.21. The second-order valence-corrected chi connectivity index (χ2v) is 4.32. The molecule has 0 aliphatic rings. The van der Waals surface area contributed by atoms with Crippen LogP contribution in [0.15, 0.2) is 23.1 Å². The predicted molar refractivity (Wildman–Crippen MR) is 56.5 cm³/mol. The first-order chi connectivity index (χ1) is 6.13. The number of hydrogen-bond donors (Lipinski definition) is 1. The first kappa shape index (κ1) is 9.94. The minimum absolute atomic E-state index is 0.0111. The first-order valence-corrected chi connectivity index (χ1v) is 4.94. The molecule has 0 aliphatic carbocycles. The van der Waals surface area contributed by atoms with Crippen LogP contribution in [0.2, 0.25) is 0 Å². The zero-order valence-corrected chi connectivity index (χ0v) is 8.56. The van der Waals surface area contributed by atoms with Gasteiger partial charge in [-0.05, 0) is 37.6 Å². The van der Waals surface area contributed by atoms with Gasteiger partial charge in [0, 0.05) is 10.6 Å². The lowest BCUT2D eigenvalue weighted by atomic mass is 10.2. The molecule has 0 bridgehead atoms. The molecule has 1 rings (SSSR count). The number of aryl methyl sites for hydroxylation is 1. The second-order valence-electron chi connectivity index (χ2n) is 2.91. The quantitative estimate of drug-likeness (QED) is 0.578. The Labute approximate surface area is 82.7 Å². The average Bonchev–Trinajstić information content (AvgIpc) is 2.11. The molecule has 3 heteroatoms. The minimum atomic E-state index is -0.0111. The van der Waals surface area contributed by atoms with Gasteiger partial charge >= 0.3 is 0 Å². The maximum absolute atomic E-state index is 8.62. The van der Waals surface area contributed by atoms with E-state index in [0.717, 1.165) is 16.1 Å². The molecule has 2 N–H and O–H groups in total. The second kappa shape index (κ2) is 4.20. The lowest BCUT2D eigenvalue weighted by Gasteiger charge is -2.05. The van der Waals surface area contributed by atoms with Gasteiger partial charge < -0.3 is 5.73 Å². The molecule has 0 fully saturated rings. The molecule has 0 amide bonds. The molecule has 1 unspecified atom stereocenters. The highest BCUT2D eigenvalue weighted by Gasteiger charge is 2.03. The zero-order valence-electron chi connectivity index (χ0n) is 7.74. The van der Waals surface area contributed by atoms with Crippen molar-refractivity contribution in [2.75, 3.05) is 5.73 Å². The summed E-state index contributed by atoms with van der Waals surface area (Å²) in [4.78, 5) is 1.10. The number of rotatable bonds is 2. The fraction of sp³-hybridized carbons (Fsp3) is 0.300. The fourth-order valence-electron chi connectivity index (χ4n) is 0.952. The van der Waals surface area contributed by atoms with Crippen LogP contribution in [0.1, 0.15) is 12.5 Å². The molecule has 0 saturated heterocycles. The van der Waals surface area contributed by atoms with Crippen LogP contribution in [0, 0.1) is 18.3 Å². The normalized spacial score (nSPS) is 12.1. The van der Waals surface area contributed by atoms with Gasteiger partial charge in [0.2, 0.25) is 0 Å². The summed E-state index contributed by atoms with van der Waals surface area (Å²) in [5.41, 5.74) is 7.54. The average molecular weight is 192 g/mol. The van der Waals surface area contributed by atoms with Gasteiger partial charge in [-0.15, -0.1) is 11.8 Å². The third-order valence-electron chi connectivity index (χ3n) is 1.74. The van der Waals surface area contributed by atoms with E-state index in [2.05, 4.69) is 6.07 Å². The molecule has 1 aromatic carbocycles. The Morgan fingerprint density at radius 2 is 2.23 bits per heavy atom. The first-order valence-electron chi connectivity index (χ1n) is 4.06. The van der Waals surface area contributed by atoms with Crippen molar-refractivity contribution in [1.82, 2.24) is 0 Å². The zero-order chi connectivity index (χ0) is 9.84. The number of nitriles is 1. The van der Waals surface area contributed by atoms with Crippen LogP contribution in [-0.4, -0.2) is 5.25 Å². The van der Waals surface area contributed by atoms with Gasteiger partial charge in [0.05, 0.1) is 11.3 Å². The minimum Gasteiger partial charge on any atom is -0.399 e. The third kappa shape index (κ3) is 2.67. The molecule has 0 saturated carbocycles. The van der Waals surface area contributed by atoms with E-state index in [9.17, 15) is 0 Å². The van der Waals surface area contributed by atoms with E-state index in [-0.39, 0.29) is 5.25 Å². The van der Waals surface area contributed by atoms with Crippen LogP contribution in [0.25, 0.3) is 0 Å². The largest absolute Gasteiger partial charge is 0.399 e. The summed E-state index contributed by atoms with van der Waals surface area (Å²) in [5, 5.41) is 8.61. The van der Waals surface area contributed by atoms with Crippen molar-refractivity contribution in [1.29, 1.82) is 5.26 Å². The summed E-state index contributed by atoms with van der Waals surface area (Å²) in [5.74, 6) is 0. The Balaban J connectivity index is 2.81. The summed E-state index contributed by atoms with van der Waals surface area (Å²) in [6.45, 7) is 3.85. The highest BCUT2D eigenvalue weighted by atomic mass is 32.2. The van der Waals surface area contributed by atoms with Crippen molar-refractivity contribution in [3.63, 3.8) is 0 Å². The molecular formula is C10H12N2S. The van der Waals surface area contributed by atoms with Crippen molar-refractivity contribution < 1.29 is 0 Å². The molecule has 0 aliphatic heterocycles. The van der Waals surface area contributed by atoms with Gasteiger partial charge in [-0.3, -0.25) is 0 Å². The van der Waals surface area contributed by atoms with E-state index in [4.69, 9.17) is 11.0 Å². The van der Waals surface area contributed by atoms with Crippen LogP contribution < -0.4 is 5.73 Å². The molecule has 1 aromatic rings. The van der Waals surface area contributed by atoms with E-state index in [1.54, 1.807) is 11.8 Å². The van der Waals surface area contributed by atoms with Crippen LogP contribution in [-0.2, 0) is 0 Å².